The molecule has 10 heteroatoms. The van der Waals surface area contributed by atoms with Crippen LogP contribution in [0.15, 0.2) is 29.6 Å². The van der Waals surface area contributed by atoms with E-state index in [1.54, 1.807) is 28.5 Å². The van der Waals surface area contributed by atoms with Gasteiger partial charge in [0.15, 0.2) is 11.7 Å². The van der Waals surface area contributed by atoms with Gasteiger partial charge in [-0.1, -0.05) is 6.07 Å². The maximum absolute atomic E-state index is 12.0. The fraction of sp³-hybridized carbons (Fsp3) is 0.316. The Kier molecular flexibility index (Phi) is 6.55. The lowest BCUT2D eigenvalue weighted by atomic mass is 10.2. The number of anilines is 2. The number of amides is 3. The molecule has 3 amide bonds. The molecule has 152 valence electrons. The summed E-state index contributed by atoms with van der Waals surface area (Å²) in [6, 6.07) is 6.40. The van der Waals surface area contributed by atoms with Crippen molar-refractivity contribution in [3.8, 4) is 0 Å². The summed E-state index contributed by atoms with van der Waals surface area (Å²) in [5.74, 6) is -1.35. The molecule has 0 spiro atoms. The van der Waals surface area contributed by atoms with Gasteiger partial charge < -0.3 is 15.4 Å². The average Bonchev–Trinajstić information content (AvgIpc) is 3.34. The number of hydrogen-bond acceptors (Lipinski definition) is 7. The molecule has 29 heavy (non-hydrogen) atoms. The first-order valence-electron chi connectivity index (χ1n) is 8.98. The van der Waals surface area contributed by atoms with Gasteiger partial charge in [0.2, 0.25) is 5.91 Å². The number of ether oxygens (including phenoxy) is 1. The molecule has 2 aromatic rings. The van der Waals surface area contributed by atoms with Gasteiger partial charge in [0.1, 0.15) is 0 Å². The second kappa shape index (κ2) is 9.28. The third-order valence-corrected chi connectivity index (χ3v) is 5.08. The number of thiazole rings is 1. The largest absolute Gasteiger partial charge is 0.455 e. The van der Waals surface area contributed by atoms with E-state index in [1.165, 1.54) is 24.5 Å². The average molecular weight is 416 g/mol. The summed E-state index contributed by atoms with van der Waals surface area (Å²) >= 11 is 1.30. The van der Waals surface area contributed by atoms with Gasteiger partial charge in [-0.2, -0.15) is 0 Å². The molecule has 2 heterocycles. The highest BCUT2D eigenvalue weighted by Crippen LogP contribution is 2.25. The number of nitrogens with zero attached hydrogens (tertiary/aromatic N) is 2. The van der Waals surface area contributed by atoms with Crippen molar-refractivity contribution in [1.29, 1.82) is 0 Å². The number of carbonyl (C=O) groups excluding carboxylic acids is 4. The molecule has 1 saturated heterocycles. The molecular weight excluding hydrogens is 396 g/mol. The molecule has 1 aromatic carbocycles. The van der Waals surface area contributed by atoms with Crippen LogP contribution in [0.25, 0.3) is 0 Å². The van der Waals surface area contributed by atoms with E-state index >= 15 is 0 Å². The maximum atomic E-state index is 12.0. The smallest absolute Gasteiger partial charge is 0.312 e. The first kappa shape index (κ1) is 20.5. The van der Waals surface area contributed by atoms with Gasteiger partial charge in [0.25, 0.3) is 11.8 Å². The van der Waals surface area contributed by atoms with Gasteiger partial charge in [-0.25, -0.2) is 4.98 Å². The molecular formula is C19H20N4O5S. The number of aromatic nitrogens is 1. The van der Waals surface area contributed by atoms with Gasteiger partial charge >= 0.3 is 5.97 Å². The van der Waals surface area contributed by atoms with Gasteiger partial charge in [-0.05, 0) is 24.6 Å². The Morgan fingerprint density at radius 2 is 2.14 bits per heavy atom. The fourth-order valence-corrected chi connectivity index (χ4v) is 3.64. The molecule has 0 radical (unpaired) electrons. The molecule has 0 atom stereocenters. The van der Waals surface area contributed by atoms with E-state index in [0.29, 0.717) is 35.0 Å². The minimum absolute atomic E-state index is 0.0330. The van der Waals surface area contributed by atoms with Crippen molar-refractivity contribution < 1.29 is 23.9 Å². The molecule has 1 aromatic heterocycles. The van der Waals surface area contributed by atoms with Crippen molar-refractivity contribution in [2.75, 3.05) is 30.4 Å². The van der Waals surface area contributed by atoms with Crippen molar-refractivity contribution in [3.63, 3.8) is 0 Å². The van der Waals surface area contributed by atoms with Crippen LogP contribution in [-0.2, 0) is 25.5 Å². The third kappa shape index (κ3) is 5.38. The summed E-state index contributed by atoms with van der Waals surface area (Å²) in [6.45, 7) is 0.183. The Morgan fingerprint density at radius 1 is 1.31 bits per heavy atom. The number of esters is 1. The Hall–Kier alpha value is -3.27. The van der Waals surface area contributed by atoms with E-state index < -0.39 is 18.5 Å². The number of carbonyl (C=O) groups is 4. The lowest BCUT2D eigenvalue weighted by Crippen LogP contribution is -2.24. The van der Waals surface area contributed by atoms with Crippen LogP contribution in [0.5, 0.6) is 0 Å². The Morgan fingerprint density at radius 3 is 2.86 bits per heavy atom. The molecule has 9 nitrogen and oxygen atoms in total. The molecule has 1 aliphatic rings. The van der Waals surface area contributed by atoms with E-state index in [9.17, 15) is 19.2 Å². The molecule has 3 rings (SSSR count). The van der Waals surface area contributed by atoms with Crippen molar-refractivity contribution >= 4 is 45.8 Å². The number of hydrogen-bond donors (Lipinski definition) is 2. The molecule has 0 unspecified atom stereocenters. The minimum Gasteiger partial charge on any atom is -0.455 e. The summed E-state index contributed by atoms with van der Waals surface area (Å²) in [5.41, 5.74) is 1.32. The van der Waals surface area contributed by atoms with Crippen molar-refractivity contribution in [3.05, 3.63) is 40.9 Å². The van der Waals surface area contributed by atoms with Crippen LogP contribution in [-0.4, -0.2) is 48.9 Å². The lowest BCUT2D eigenvalue weighted by molar-refractivity contribution is -0.146. The molecule has 0 bridgehead atoms. The highest BCUT2D eigenvalue weighted by atomic mass is 32.1. The van der Waals surface area contributed by atoms with E-state index in [4.69, 9.17) is 4.74 Å². The van der Waals surface area contributed by atoms with Crippen LogP contribution < -0.4 is 15.5 Å². The standard InChI is InChI=1S/C19H20N4O5S/c1-20-18(27)12-4-2-5-13(8-12)21-15(24)10-28-17(26)9-14-11-29-19(22-14)23-7-3-6-16(23)25/h2,4-5,8,11H,3,6-7,9-10H2,1H3,(H,20,27)(H,21,24). The summed E-state index contributed by atoms with van der Waals surface area (Å²) in [5, 5.41) is 7.35. The predicted octanol–water partition coefficient (Wildman–Crippen LogP) is 1.35. The van der Waals surface area contributed by atoms with Gasteiger partial charge in [-0.15, -0.1) is 11.3 Å². The second-order valence-corrected chi connectivity index (χ2v) is 7.15. The van der Waals surface area contributed by atoms with Crippen LogP contribution in [0, 0.1) is 0 Å². The Balaban J connectivity index is 1.47. The fourth-order valence-electron chi connectivity index (χ4n) is 2.78. The molecule has 1 fully saturated rings. The Labute approximate surface area is 171 Å². The zero-order chi connectivity index (χ0) is 20.8. The van der Waals surface area contributed by atoms with Gasteiger partial charge in [0.05, 0.1) is 12.1 Å². The van der Waals surface area contributed by atoms with Gasteiger partial charge in [-0.3, -0.25) is 24.1 Å². The zero-order valence-corrected chi connectivity index (χ0v) is 16.6. The quantitative estimate of drug-likeness (QED) is 0.658. The summed E-state index contributed by atoms with van der Waals surface area (Å²) < 4.78 is 4.99. The Bertz CT molecular complexity index is 942. The van der Waals surface area contributed by atoms with Crippen molar-refractivity contribution in [1.82, 2.24) is 10.3 Å². The zero-order valence-electron chi connectivity index (χ0n) is 15.8. The maximum Gasteiger partial charge on any atom is 0.312 e. The number of benzene rings is 1. The summed E-state index contributed by atoms with van der Waals surface area (Å²) in [7, 11) is 1.52. The van der Waals surface area contributed by atoms with Crippen molar-refractivity contribution in [2.45, 2.75) is 19.3 Å². The van der Waals surface area contributed by atoms with Crippen LogP contribution in [0.3, 0.4) is 0 Å². The topological polar surface area (TPSA) is 118 Å². The predicted molar refractivity (Wildman–Crippen MR) is 107 cm³/mol. The first-order chi connectivity index (χ1) is 14.0. The highest BCUT2D eigenvalue weighted by Gasteiger charge is 2.24. The third-order valence-electron chi connectivity index (χ3n) is 4.17. The van der Waals surface area contributed by atoms with E-state index in [2.05, 4.69) is 15.6 Å². The molecule has 0 saturated carbocycles. The summed E-state index contributed by atoms with van der Waals surface area (Å²) in [4.78, 5) is 53.2. The van der Waals surface area contributed by atoms with E-state index in [0.717, 1.165) is 6.42 Å². The van der Waals surface area contributed by atoms with E-state index in [1.807, 2.05) is 0 Å². The lowest BCUT2D eigenvalue weighted by Gasteiger charge is -2.10. The second-order valence-electron chi connectivity index (χ2n) is 6.32. The van der Waals surface area contributed by atoms with Crippen LogP contribution >= 0.6 is 11.3 Å². The number of rotatable bonds is 7. The van der Waals surface area contributed by atoms with Gasteiger partial charge in [0, 0.05) is 36.6 Å². The van der Waals surface area contributed by atoms with E-state index in [-0.39, 0.29) is 18.2 Å². The van der Waals surface area contributed by atoms with Crippen LogP contribution in [0.2, 0.25) is 0 Å². The van der Waals surface area contributed by atoms with Crippen LogP contribution in [0.1, 0.15) is 28.9 Å². The van der Waals surface area contributed by atoms with Crippen molar-refractivity contribution in [2.24, 2.45) is 0 Å². The summed E-state index contributed by atoms with van der Waals surface area (Å²) in [6.07, 6.45) is 1.23. The molecule has 0 aliphatic carbocycles. The molecule has 1 aliphatic heterocycles. The highest BCUT2D eigenvalue weighted by molar-refractivity contribution is 7.14. The number of nitrogens with one attached hydrogen (secondary N) is 2. The monoisotopic (exact) mass is 416 g/mol. The normalized spacial score (nSPS) is 13.3. The first-order valence-corrected chi connectivity index (χ1v) is 9.86. The minimum atomic E-state index is -0.594. The van der Waals surface area contributed by atoms with Crippen LogP contribution in [0.4, 0.5) is 10.8 Å². The SMILES string of the molecule is CNC(=O)c1cccc(NC(=O)COC(=O)Cc2csc(N3CCCC3=O)n2)c1. The molecule has 2 N–H and O–H groups in total.